The summed E-state index contributed by atoms with van der Waals surface area (Å²) in [5, 5.41) is 13.2. The highest BCUT2D eigenvalue weighted by molar-refractivity contribution is 5.68. The Labute approximate surface area is 133 Å². The van der Waals surface area contributed by atoms with Crippen molar-refractivity contribution in [3.8, 4) is 0 Å². The van der Waals surface area contributed by atoms with Crippen LogP contribution in [0.1, 0.15) is 26.3 Å². The Morgan fingerprint density at radius 1 is 1.27 bits per heavy atom. The number of hydrogen-bond acceptors (Lipinski definition) is 4. The molecule has 0 bridgehead atoms. The van der Waals surface area contributed by atoms with Crippen molar-refractivity contribution in [3.63, 3.8) is 0 Å². The molecule has 0 saturated heterocycles. The molecule has 124 valence electrons. The molecule has 0 spiro atoms. The van der Waals surface area contributed by atoms with E-state index in [2.05, 4.69) is 5.32 Å². The van der Waals surface area contributed by atoms with E-state index in [4.69, 9.17) is 4.74 Å². The van der Waals surface area contributed by atoms with Crippen LogP contribution in [-0.2, 0) is 11.2 Å². The fourth-order valence-corrected chi connectivity index (χ4v) is 2.11. The monoisotopic (exact) mass is 308 g/mol. The summed E-state index contributed by atoms with van der Waals surface area (Å²) in [6.07, 6.45) is -0.635. The number of rotatable bonds is 6. The second-order valence-corrected chi connectivity index (χ2v) is 6.77. The van der Waals surface area contributed by atoms with Crippen LogP contribution in [0, 0.1) is 0 Å². The lowest BCUT2D eigenvalue weighted by Crippen LogP contribution is -2.49. The minimum absolute atomic E-state index is 0.403. The molecule has 0 aliphatic heterocycles. The molecule has 1 aromatic rings. The quantitative estimate of drug-likeness (QED) is 0.844. The van der Waals surface area contributed by atoms with Crippen LogP contribution >= 0.6 is 0 Å². The van der Waals surface area contributed by atoms with Crippen molar-refractivity contribution < 1.29 is 14.6 Å². The van der Waals surface area contributed by atoms with Gasteiger partial charge in [-0.3, -0.25) is 0 Å². The SMILES string of the molecule is CN(C)C[C@H](O)[C@@H](Cc1ccccc1)NC(=O)OC(C)(C)C. The zero-order chi connectivity index (χ0) is 16.8. The third kappa shape index (κ3) is 7.43. The average Bonchev–Trinajstić information content (AvgIpc) is 2.36. The van der Waals surface area contributed by atoms with E-state index in [1.807, 2.05) is 70.1 Å². The molecule has 2 atom stereocenters. The second-order valence-electron chi connectivity index (χ2n) is 6.77. The zero-order valence-corrected chi connectivity index (χ0v) is 14.2. The fraction of sp³-hybridized carbons (Fsp3) is 0.588. The molecule has 1 amide bonds. The predicted molar refractivity (Wildman–Crippen MR) is 87.9 cm³/mol. The van der Waals surface area contributed by atoms with Gasteiger partial charge in [0, 0.05) is 6.54 Å². The lowest BCUT2D eigenvalue weighted by Gasteiger charge is -2.28. The molecule has 1 aromatic carbocycles. The number of carbonyl (C=O) groups is 1. The van der Waals surface area contributed by atoms with Crippen LogP contribution in [0.3, 0.4) is 0 Å². The smallest absolute Gasteiger partial charge is 0.407 e. The summed E-state index contributed by atoms with van der Waals surface area (Å²) in [4.78, 5) is 13.9. The van der Waals surface area contributed by atoms with Crippen molar-refractivity contribution in [2.75, 3.05) is 20.6 Å². The number of likely N-dealkylation sites (N-methyl/N-ethyl adjacent to an activating group) is 1. The van der Waals surface area contributed by atoms with Crippen LogP contribution < -0.4 is 5.32 Å². The number of ether oxygens (including phenoxy) is 1. The Hall–Kier alpha value is -1.59. The lowest BCUT2D eigenvalue weighted by molar-refractivity contribution is 0.0391. The number of aliphatic hydroxyl groups excluding tert-OH is 1. The highest BCUT2D eigenvalue weighted by Gasteiger charge is 2.25. The van der Waals surface area contributed by atoms with E-state index in [1.54, 1.807) is 0 Å². The third-order valence-electron chi connectivity index (χ3n) is 3.02. The summed E-state index contributed by atoms with van der Waals surface area (Å²) in [5.41, 5.74) is 0.495. The molecule has 1 rings (SSSR count). The van der Waals surface area contributed by atoms with Gasteiger partial charge < -0.3 is 20.1 Å². The van der Waals surface area contributed by atoms with E-state index in [0.29, 0.717) is 13.0 Å². The van der Waals surface area contributed by atoms with Crippen molar-refractivity contribution >= 4 is 6.09 Å². The summed E-state index contributed by atoms with van der Waals surface area (Å²) in [7, 11) is 3.77. The molecule has 22 heavy (non-hydrogen) atoms. The fourth-order valence-electron chi connectivity index (χ4n) is 2.11. The Balaban J connectivity index is 2.75. The minimum Gasteiger partial charge on any atom is -0.444 e. The number of carbonyl (C=O) groups excluding carboxylic acids is 1. The van der Waals surface area contributed by atoms with Gasteiger partial charge in [0.1, 0.15) is 5.60 Å². The van der Waals surface area contributed by atoms with E-state index in [1.165, 1.54) is 0 Å². The van der Waals surface area contributed by atoms with Crippen molar-refractivity contribution in [1.82, 2.24) is 10.2 Å². The molecule has 0 aromatic heterocycles. The molecular weight excluding hydrogens is 280 g/mol. The van der Waals surface area contributed by atoms with Crippen molar-refractivity contribution in [1.29, 1.82) is 0 Å². The van der Waals surface area contributed by atoms with Gasteiger partial charge in [0.05, 0.1) is 12.1 Å². The van der Waals surface area contributed by atoms with Gasteiger partial charge in [-0.2, -0.15) is 0 Å². The zero-order valence-electron chi connectivity index (χ0n) is 14.2. The van der Waals surface area contributed by atoms with Gasteiger partial charge in [0.2, 0.25) is 0 Å². The molecular formula is C17H28N2O3. The van der Waals surface area contributed by atoms with Gasteiger partial charge in [0.15, 0.2) is 0 Å². The van der Waals surface area contributed by atoms with Gasteiger partial charge >= 0.3 is 6.09 Å². The highest BCUT2D eigenvalue weighted by atomic mass is 16.6. The Bertz CT molecular complexity index is 455. The van der Waals surface area contributed by atoms with Crippen molar-refractivity contribution in [2.24, 2.45) is 0 Å². The maximum absolute atomic E-state index is 12.0. The first-order valence-electron chi connectivity index (χ1n) is 7.53. The standard InChI is InChI=1S/C17H28N2O3/c1-17(2,3)22-16(21)18-14(15(20)12-19(4)5)11-13-9-7-6-8-10-13/h6-10,14-15,20H,11-12H2,1-5H3,(H,18,21)/t14-,15+/m1/s1. The highest BCUT2D eigenvalue weighted by Crippen LogP contribution is 2.10. The number of aliphatic hydroxyl groups is 1. The second kappa shape index (κ2) is 8.15. The van der Waals surface area contributed by atoms with Crippen LogP contribution in [0.25, 0.3) is 0 Å². The Kier molecular flexibility index (Phi) is 6.84. The summed E-state index contributed by atoms with van der Waals surface area (Å²) in [6, 6.07) is 9.38. The molecule has 2 N–H and O–H groups in total. The maximum atomic E-state index is 12.0. The van der Waals surface area contributed by atoms with Crippen molar-refractivity contribution in [3.05, 3.63) is 35.9 Å². The molecule has 5 nitrogen and oxygen atoms in total. The summed E-state index contributed by atoms with van der Waals surface area (Å²) in [5.74, 6) is 0. The van der Waals surface area contributed by atoms with Crippen molar-refractivity contribution in [2.45, 2.75) is 44.9 Å². The number of alkyl carbamates (subject to hydrolysis) is 1. The number of benzene rings is 1. The van der Waals surface area contributed by atoms with E-state index >= 15 is 0 Å². The predicted octanol–water partition coefficient (Wildman–Crippen LogP) is 2.04. The first kappa shape index (κ1) is 18.5. The topological polar surface area (TPSA) is 61.8 Å². The number of hydrogen-bond donors (Lipinski definition) is 2. The molecule has 5 heteroatoms. The molecule has 0 fully saturated rings. The number of nitrogens with one attached hydrogen (secondary N) is 1. The number of amides is 1. The molecule has 0 unspecified atom stereocenters. The Morgan fingerprint density at radius 2 is 1.86 bits per heavy atom. The summed E-state index contributed by atoms with van der Waals surface area (Å²) >= 11 is 0. The number of nitrogens with zero attached hydrogens (tertiary/aromatic N) is 1. The minimum atomic E-state index is -0.678. The van der Waals surface area contributed by atoms with Crippen LogP contribution in [-0.4, -0.2) is 54.5 Å². The maximum Gasteiger partial charge on any atom is 0.407 e. The average molecular weight is 308 g/mol. The van der Waals surface area contributed by atoms with E-state index in [0.717, 1.165) is 5.56 Å². The third-order valence-corrected chi connectivity index (χ3v) is 3.02. The van der Waals surface area contributed by atoms with Crippen LogP contribution in [0.4, 0.5) is 4.79 Å². The van der Waals surface area contributed by atoms with Crippen LogP contribution in [0.5, 0.6) is 0 Å². The largest absolute Gasteiger partial charge is 0.444 e. The van der Waals surface area contributed by atoms with Gasteiger partial charge in [-0.05, 0) is 46.9 Å². The van der Waals surface area contributed by atoms with Gasteiger partial charge in [-0.25, -0.2) is 4.79 Å². The normalized spacial score (nSPS) is 14.5. The molecule has 0 aliphatic carbocycles. The lowest BCUT2D eigenvalue weighted by atomic mass is 10.0. The molecule has 0 saturated carbocycles. The van der Waals surface area contributed by atoms with Gasteiger partial charge in [-0.15, -0.1) is 0 Å². The van der Waals surface area contributed by atoms with Crippen LogP contribution in [0.2, 0.25) is 0 Å². The van der Waals surface area contributed by atoms with Gasteiger partial charge in [-0.1, -0.05) is 30.3 Å². The van der Waals surface area contributed by atoms with E-state index in [9.17, 15) is 9.90 Å². The molecule has 0 aliphatic rings. The summed E-state index contributed by atoms with van der Waals surface area (Å²) < 4.78 is 5.29. The molecule has 0 heterocycles. The first-order chi connectivity index (χ1) is 10.2. The Morgan fingerprint density at radius 3 is 2.36 bits per heavy atom. The van der Waals surface area contributed by atoms with E-state index in [-0.39, 0.29) is 0 Å². The van der Waals surface area contributed by atoms with E-state index < -0.39 is 23.8 Å². The first-order valence-corrected chi connectivity index (χ1v) is 7.53. The summed E-state index contributed by atoms with van der Waals surface area (Å²) in [6.45, 7) is 5.91. The van der Waals surface area contributed by atoms with Crippen LogP contribution in [0.15, 0.2) is 30.3 Å². The van der Waals surface area contributed by atoms with Gasteiger partial charge in [0.25, 0.3) is 0 Å². The molecule has 0 radical (unpaired) electrons.